The molecule has 6 heteroatoms. The van der Waals surface area contributed by atoms with Crippen molar-refractivity contribution in [1.82, 2.24) is 4.90 Å². The van der Waals surface area contributed by atoms with Crippen molar-refractivity contribution in [3.8, 4) is 0 Å². The molecule has 0 bridgehead atoms. The van der Waals surface area contributed by atoms with Gasteiger partial charge in [-0.15, -0.1) is 24.8 Å². The van der Waals surface area contributed by atoms with Crippen LogP contribution in [0.15, 0.2) is 24.3 Å². The van der Waals surface area contributed by atoms with E-state index in [4.69, 9.17) is 5.73 Å². The van der Waals surface area contributed by atoms with Crippen LogP contribution in [0, 0.1) is 5.92 Å². The van der Waals surface area contributed by atoms with E-state index in [-0.39, 0.29) is 30.7 Å². The second-order valence-corrected chi connectivity index (χ2v) is 7.47. The van der Waals surface area contributed by atoms with Crippen molar-refractivity contribution in [1.29, 1.82) is 0 Å². The number of carbonyl (C=O) groups excluding carboxylic acids is 1. The number of carbonyl (C=O) groups is 1. The van der Waals surface area contributed by atoms with Gasteiger partial charge in [-0.3, -0.25) is 9.69 Å². The molecule has 1 aromatic carbocycles. The Morgan fingerprint density at radius 1 is 1.16 bits per heavy atom. The Balaban J connectivity index is 0.00000156. The number of nitrogens with one attached hydrogen (secondary N) is 1. The average Bonchev–Trinajstić information content (AvgIpc) is 3.00. The maximum Gasteiger partial charge on any atom is 0.244 e. The van der Waals surface area contributed by atoms with Gasteiger partial charge >= 0.3 is 0 Å². The molecule has 1 aliphatic carbocycles. The number of benzene rings is 1. The Morgan fingerprint density at radius 3 is 2.28 bits per heavy atom. The van der Waals surface area contributed by atoms with Gasteiger partial charge in [0, 0.05) is 12.2 Å². The van der Waals surface area contributed by atoms with E-state index in [0.29, 0.717) is 0 Å². The van der Waals surface area contributed by atoms with Crippen molar-refractivity contribution in [3.05, 3.63) is 29.8 Å². The Kier molecular flexibility index (Phi) is 8.69. The van der Waals surface area contributed by atoms with E-state index in [1.54, 1.807) is 0 Å². The molecule has 142 valence electrons. The Hall–Kier alpha value is -0.810. The predicted octanol–water partition coefficient (Wildman–Crippen LogP) is 3.97. The standard InChI is InChI=1S/C19H29N3O.2ClH/c1-15-8-12-22(13-9-15)14-16-4-6-17(7-5-16)21-18(23)19(20)10-2-3-11-19;;/h4-7,15H,2-3,8-14,20H2,1H3,(H,21,23);2*1H. The molecule has 2 aliphatic rings. The fraction of sp³-hybridized carbons (Fsp3) is 0.632. The summed E-state index contributed by atoms with van der Waals surface area (Å²) < 4.78 is 0. The first-order valence-electron chi connectivity index (χ1n) is 8.97. The van der Waals surface area contributed by atoms with E-state index in [1.807, 2.05) is 12.1 Å². The third-order valence-electron chi connectivity index (χ3n) is 5.44. The number of hydrogen-bond acceptors (Lipinski definition) is 3. The maximum absolute atomic E-state index is 12.3. The number of nitrogens with two attached hydrogens (primary N) is 1. The Morgan fingerprint density at radius 2 is 1.72 bits per heavy atom. The molecule has 1 amide bonds. The number of anilines is 1. The number of amides is 1. The summed E-state index contributed by atoms with van der Waals surface area (Å²) >= 11 is 0. The minimum Gasteiger partial charge on any atom is -0.324 e. The summed E-state index contributed by atoms with van der Waals surface area (Å²) in [5.41, 5.74) is 7.69. The summed E-state index contributed by atoms with van der Waals surface area (Å²) in [5.74, 6) is 0.829. The molecular formula is C19H31Cl2N3O. The van der Waals surface area contributed by atoms with Crippen LogP contribution in [-0.4, -0.2) is 29.4 Å². The first-order chi connectivity index (χ1) is 11.0. The number of likely N-dealkylation sites (tertiary alicyclic amines) is 1. The van der Waals surface area contributed by atoms with E-state index in [0.717, 1.165) is 43.8 Å². The SMILES string of the molecule is CC1CCN(Cc2ccc(NC(=O)C3(N)CCCC3)cc2)CC1.Cl.Cl. The summed E-state index contributed by atoms with van der Waals surface area (Å²) in [6, 6.07) is 8.23. The highest BCUT2D eigenvalue weighted by Gasteiger charge is 2.36. The molecule has 0 spiro atoms. The topological polar surface area (TPSA) is 58.4 Å². The molecular weight excluding hydrogens is 357 g/mol. The van der Waals surface area contributed by atoms with Gasteiger partial charge in [0.05, 0.1) is 5.54 Å². The lowest BCUT2D eigenvalue weighted by Gasteiger charge is -2.30. The van der Waals surface area contributed by atoms with Crippen LogP contribution >= 0.6 is 24.8 Å². The number of rotatable bonds is 4. The molecule has 2 fully saturated rings. The van der Waals surface area contributed by atoms with Gasteiger partial charge in [0.25, 0.3) is 0 Å². The molecule has 25 heavy (non-hydrogen) atoms. The molecule has 3 rings (SSSR count). The highest BCUT2D eigenvalue weighted by atomic mass is 35.5. The zero-order chi connectivity index (χ0) is 16.3. The van der Waals surface area contributed by atoms with Crippen LogP contribution in [0.1, 0.15) is 51.0 Å². The molecule has 4 nitrogen and oxygen atoms in total. The quantitative estimate of drug-likeness (QED) is 0.821. The second-order valence-electron chi connectivity index (χ2n) is 7.47. The minimum atomic E-state index is -0.664. The van der Waals surface area contributed by atoms with E-state index in [9.17, 15) is 4.79 Å². The monoisotopic (exact) mass is 387 g/mol. The highest BCUT2D eigenvalue weighted by molar-refractivity contribution is 5.98. The van der Waals surface area contributed by atoms with Gasteiger partial charge in [0.2, 0.25) is 5.91 Å². The molecule has 1 heterocycles. The molecule has 0 unspecified atom stereocenters. The summed E-state index contributed by atoms with van der Waals surface area (Å²) in [5, 5.41) is 2.98. The Bertz CT molecular complexity index is 536. The predicted molar refractivity (Wildman–Crippen MR) is 109 cm³/mol. The molecule has 0 aromatic heterocycles. The summed E-state index contributed by atoms with van der Waals surface area (Å²) in [4.78, 5) is 14.8. The maximum atomic E-state index is 12.3. The molecule has 3 N–H and O–H groups in total. The first kappa shape index (κ1) is 22.2. The largest absolute Gasteiger partial charge is 0.324 e. The summed E-state index contributed by atoms with van der Waals surface area (Å²) in [6.45, 7) is 5.72. The molecule has 0 radical (unpaired) electrons. The summed E-state index contributed by atoms with van der Waals surface area (Å²) in [6.07, 6.45) is 6.29. The highest BCUT2D eigenvalue weighted by Crippen LogP contribution is 2.28. The van der Waals surface area contributed by atoms with Crippen LogP contribution in [0.25, 0.3) is 0 Å². The van der Waals surface area contributed by atoms with Crippen LogP contribution in [0.4, 0.5) is 5.69 Å². The van der Waals surface area contributed by atoms with E-state index in [1.165, 1.54) is 31.5 Å². The van der Waals surface area contributed by atoms with Gasteiger partial charge in [-0.25, -0.2) is 0 Å². The fourth-order valence-electron chi connectivity index (χ4n) is 3.66. The van der Waals surface area contributed by atoms with Crippen LogP contribution in [0.3, 0.4) is 0 Å². The van der Waals surface area contributed by atoms with Crippen LogP contribution in [0.2, 0.25) is 0 Å². The van der Waals surface area contributed by atoms with E-state index < -0.39 is 5.54 Å². The molecule has 1 saturated carbocycles. The van der Waals surface area contributed by atoms with Crippen molar-refractivity contribution >= 4 is 36.4 Å². The Labute approximate surface area is 163 Å². The lowest BCUT2D eigenvalue weighted by atomic mass is 9.98. The number of hydrogen-bond donors (Lipinski definition) is 2. The lowest BCUT2D eigenvalue weighted by molar-refractivity contribution is -0.121. The lowest BCUT2D eigenvalue weighted by Crippen LogP contribution is -2.48. The second kappa shape index (κ2) is 9.77. The third kappa shape index (κ3) is 5.85. The summed E-state index contributed by atoms with van der Waals surface area (Å²) in [7, 11) is 0. The number of piperidine rings is 1. The van der Waals surface area contributed by atoms with Gasteiger partial charge in [0.15, 0.2) is 0 Å². The average molecular weight is 388 g/mol. The first-order valence-corrected chi connectivity index (χ1v) is 8.97. The molecule has 1 aromatic rings. The minimum absolute atomic E-state index is 0. The van der Waals surface area contributed by atoms with Crippen LogP contribution in [0.5, 0.6) is 0 Å². The number of nitrogens with zero attached hydrogens (tertiary/aromatic N) is 1. The molecule has 1 aliphatic heterocycles. The van der Waals surface area contributed by atoms with Crippen molar-refractivity contribution in [3.63, 3.8) is 0 Å². The van der Waals surface area contributed by atoms with Crippen molar-refractivity contribution in [2.75, 3.05) is 18.4 Å². The van der Waals surface area contributed by atoms with Crippen LogP contribution in [-0.2, 0) is 11.3 Å². The van der Waals surface area contributed by atoms with E-state index >= 15 is 0 Å². The van der Waals surface area contributed by atoms with Gasteiger partial charge < -0.3 is 11.1 Å². The van der Waals surface area contributed by atoms with Crippen molar-refractivity contribution < 1.29 is 4.79 Å². The van der Waals surface area contributed by atoms with Gasteiger partial charge in [0.1, 0.15) is 0 Å². The molecule has 0 atom stereocenters. The van der Waals surface area contributed by atoms with Gasteiger partial charge in [-0.1, -0.05) is 31.9 Å². The van der Waals surface area contributed by atoms with Gasteiger partial charge in [-0.2, -0.15) is 0 Å². The fourth-order valence-corrected chi connectivity index (χ4v) is 3.66. The molecule has 1 saturated heterocycles. The van der Waals surface area contributed by atoms with Crippen LogP contribution < -0.4 is 11.1 Å². The van der Waals surface area contributed by atoms with Gasteiger partial charge in [-0.05, 0) is 62.4 Å². The zero-order valence-corrected chi connectivity index (χ0v) is 16.6. The number of halogens is 2. The zero-order valence-electron chi connectivity index (χ0n) is 15.0. The third-order valence-corrected chi connectivity index (χ3v) is 5.44. The van der Waals surface area contributed by atoms with Crippen molar-refractivity contribution in [2.24, 2.45) is 11.7 Å². The van der Waals surface area contributed by atoms with E-state index in [2.05, 4.69) is 29.3 Å². The van der Waals surface area contributed by atoms with Crippen molar-refractivity contribution in [2.45, 2.75) is 57.5 Å². The smallest absolute Gasteiger partial charge is 0.244 e. The normalized spacial score (nSPS) is 20.4.